The van der Waals surface area contributed by atoms with Gasteiger partial charge in [0.2, 0.25) is 5.54 Å². The van der Waals surface area contributed by atoms with E-state index in [4.69, 9.17) is 11.5 Å². The highest BCUT2D eigenvalue weighted by molar-refractivity contribution is 6.36. The zero-order chi connectivity index (χ0) is 19.3. The quantitative estimate of drug-likeness (QED) is 0.720. The summed E-state index contributed by atoms with van der Waals surface area (Å²) in [6, 6.07) is 6.32. The SMILES string of the molecule is C[C@H](N)C(=O)C1(N)C(=O)N(CC2CC2)c2ccccc2N(CC2CC2)C1=O. The molecule has 144 valence electrons. The Morgan fingerprint density at radius 2 is 1.44 bits per heavy atom. The first-order valence-corrected chi connectivity index (χ1v) is 9.65. The number of ketones is 1. The van der Waals surface area contributed by atoms with Crippen LogP contribution in [0.3, 0.4) is 0 Å². The number of amides is 2. The number of hydrogen-bond donors (Lipinski definition) is 2. The number of nitrogens with two attached hydrogens (primary N) is 2. The zero-order valence-corrected chi connectivity index (χ0v) is 15.6. The molecule has 27 heavy (non-hydrogen) atoms. The molecule has 0 spiro atoms. The van der Waals surface area contributed by atoms with Crippen LogP contribution in [0.5, 0.6) is 0 Å². The van der Waals surface area contributed by atoms with Crippen molar-refractivity contribution in [1.82, 2.24) is 0 Å². The predicted molar refractivity (Wildman–Crippen MR) is 102 cm³/mol. The van der Waals surface area contributed by atoms with Gasteiger partial charge in [-0.15, -0.1) is 0 Å². The fourth-order valence-corrected chi connectivity index (χ4v) is 3.71. The van der Waals surface area contributed by atoms with Gasteiger partial charge in [-0.1, -0.05) is 12.1 Å². The smallest absolute Gasteiger partial charge is 0.264 e. The first-order chi connectivity index (χ1) is 12.8. The van der Waals surface area contributed by atoms with Gasteiger partial charge in [-0.3, -0.25) is 14.4 Å². The molecule has 0 aromatic heterocycles. The van der Waals surface area contributed by atoms with Gasteiger partial charge in [0, 0.05) is 13.1 Å². The van der Waals surface area contributed by atoms with Crippen LogP contribution in [-0.2, 0) is 14.4 Å². The summed E-state index contributed by atoms with van der Waals surface area (Å²) in [7, 11) is 0. The lowest BCUT2D eigenvalue weighted by Gasteiger charge is -2.31. The molecule has 4 rings (SSSR count). The van der Waals surface area contributed by atoms with E-state index in [1.165, 1.54) is 16.7 Å². The molecule has 1 heterocycles. The highest BCUT2D eigenvalue weighted by atomic mass is 16.2. The van der Waals surface area contributed by atoms with Crippen LogP contribution in [0.2, 0.25) is 0 Å². The zero-order valence-electron chi connectivity index (χ0n) is 15.6. The van der Waals surface area contributed by atoms with E-state index < -0.39 is 29.2 Å². The molecule has 2 aliphatic carbocycles. The Morgan fingerprint density at radius 3 is 1.78 bits per heavy atom. The van der Waals surface area contributed by atoms with Crippen LogP contribution < -0.4 is 21.3 Å². The summed E-state index contributed by atoms with van der Waals surface area (Å²) in [5.41, 5.74) is 11.1. The van der Waals surface area contributed by atoms with E-state index in [0.717, 1.165) is 25.7 Å². The molecule has 1 aromatic rings. The van der Waals surface area contributed by atoms with Crippen molar-refractivity contribution in [1.29, 1.82) is 0 Å². The molecule has 7 nitrogen and oxygen atoms in total. The van der Waals surface area contributed by atoms with Crippen molar-refractivity contribution in [3.05, 3.63) is 24.3 Å². The van der Waals surface area contributed by atoms with Crippen molar-refractivity contribution >= 4 is 29.0 Å². The number of rotatable bonds is 6. The first-order valence-electron chi connectivity index (χ1n) is 9.65. The van der Waals surface area contributed by atoms with Crippen LogP contribution in [0.4, 0.5) is 11.4 Å². The summed E-state index contributed by atoms with van der Waals surface area (Å²) in [6.45, 7) is 2.39. The number of hydrogen-bond acceptors (Lipinski definition) is 5. The first kappa shape index (κ1) is 18.1. The molecule has 1 aliphatic heterocycles. The third kappa shape index (κ3) is 3.04. The van der Waals surface area contributed by atoms with Gasteiger partial charge in [-0.25, -0.2) is 0 Å². The van der Waals surface area contributed by atoms with Crippen LogP contribution in [-0.4, -0.2) is 42.3 Å². The predicted octanol–water partition coefficient (Wildman–Crippen LogP) is 0.800. The van der Waals surface area contributed by atoms with Crippen LogP contribution in [0.25, 0.3) is 0 Å². The lowest BCUT2D eigenvalue weighted by atomic mass is 9.88. The van der Waals surface area contributed by atoms with Crippen LogP contribution in [0, 0.1) is 11.8 Å². The Balaban J connectivity index is 1.86. The van der Waals surface area contributed by atoms with Gasteiger partial charge in [-0.2, -0.15) is 0 Å². The summed E-state index contributed by atoms with van der Waals surface area (Å²) >= 11 is 0. The Morgan fingerprint density at radius 1 is 1.04 bits per heavy atom. The number of fused-ring (bicyclic) bond motifs is 1. The van der Waals surface area contributed by atoms with Gasteiger partial charge in [0.15, 0.2) is 5.78 Å². The van der Waals surface area contributed by atoms with Crippen LogP contribution in [0.1, 0.15) is 32.6 Å². The summed E-state index contributed by atoms with van der Waals surface area (Å²) in [4.78, 5) is 42.9. The maximum Gasteiger partial charge on any atom is 0.264 e. The van der Waals surface area contributed by atoms with Crippen molar-refractivity contribution in [3.8, 4) is 0 Å². The number of nitrogens with zero attached hydrogens (tertiary/aromatic N) is 2. The van der Waals surface area contributed by atoms with Crippen molar-refractivity contribution in [2.75, 3.05) is 22.9 Å². The molecule has 4 N–H and O–H groups in total. The van der Waals surface area contributed by atoms with Gasteiger partial charge in [0.1, 0.15) is 0 Å². The van der Waals surface area contributed by atoms with Crippen LogP contribution in [0.15, 0.2) is 24.3 Å². The van der Waals surface area contributed by atoms with Crippen molar-refractivity contribution in [2.24, 2.45) is 23.3 Å². The summed E-state index contributed by atoms with van der Waals surface area (Å²) in [5.74, 6) is -1.30. The normalized spacial score (nSPS) is 23.1. The lowest BCUT2D eigenvalue weighted by Crippen LogP contribution is -2.70. The van der Waals surface area contributed by atoms with Crippen molar-refractivity contribution in [3.63, 3.8) is 0 Å². The molecule has 2 fully saturated rings. The molecule has 0 bridgehead atoms. The highest BCUT2D eigenvalue weighted by Crippen LogP contribution is 2.41. The van der Waals surface area contributed by atoms with E-state index in [1.54, 1.807) is 0 Å². The number of Topliss-reactive ketones (excluding diaryl/α,β-unsaturated/α-hetero) is 1. The maximum atomic E-state index is 13.5. The third-order valence-electron chi connectivity index (χ3n) is 5.71. The Kier molecular flexibility index (Phi) is 4.31. The molecule has 1 atom stereocenters. The minimum absolute atomic E-state index is 0.377. The second-order valence-corrected chi connectivity index (χ2v) is 8.17. The average molecular weight is 370 g/mol. The Labute approximate surface area is 158 Å². The molecule has 3 aliphatic rings. The van der Waals surface area contributed by atoms with E-state index in [2.05, 4.69) is 0 Å². The van der Waals surface area contributed by atoms with E-state index in [1.807, 2.05) is 24.3 Å². The summed E-state index contributed by atoms with van der Waals surface area (Å²) < 4.78 is 0. The molecule has 1 aromatic carbocycles. The standard InChI is InChI=1S/C20H26N4O3/c1-12(21)17(25)20(22)18(26)23(10-13-6-7-13)15-4-2-3-5-16(15)24(19(20)27)11-14-8-9-14/h2-5,12-14H,6-11,21-22H2,1H3/t12-/m0/s1. The monoisotopic (exact) mass is 370 g/mol. The van der Waals surface area contributed by atoms with Gasteiger partial charge in [0.25, 0.3) is 11.8 Å². The molecule has 0 saturated heterocycles. The van der Waals surface area contributed by atoms with Crippen molar-refractivity contribution < 1.29 is 14.4 Å². The lowest BCUT2D eigenvalue weighted by molar-refractivity contribution is -0.142. The largest absolute Gasteiger partial charge is 0.322 e. The minimum Gasteiger partial charge on any atom is -0.322 e. The number of carbonyl (C=O) groups excluding carboxylic acids is 3. The van der Waals surface area contributed by atoms with E-state index in [0.29, 0.717) is 36.3 Å². The van der Waals surface area contributed by atoms with Gasteiger partial charge < -0.3 is 21.3 Å². The van der Waals surface area contributed by atoms with E-state index >= 15 is 0 Å². The number of benzene rings is 1. The van der Waals surface area contributed by atoms with Gasteiger partial charge >= 0.3 is 0 Å². The topological polar surface area (TPSA) is 110 Å². The number of carbonyl (C=O) groups is 3. The fourth-order valence-electron chi connectivity index (χ4n) is 3.71. The fraction of sp³-hybridized carbons (Fsp3) is 0.550. The maximum absolute atomic E-state index is 13.5. The van der Waals surface area contributed by atoms with E-state index in [9.17, 15) is 14.4 Å². The Bertz CT molecular complexity index is 745. The molecule has 7 heteroatoms. The van der Waals surface area contributed by atoms with Gasteiger partial charge in [-0.05, 0) is 56.6 Å². The molecular weight excluding hydrogens is 344 g/mol. The van der Waals surface area contributed by atoms with Crippen molar-refractivity contribution in [2.45, 2.75) is 44.2 Å². The second kappa shape index (κ2) is 6.42. The molecular formula is C20H26N4O3. The summed E-state index contributed by atoms with van der Waals surface area (Å²) in [5, 5.41) is 0. The molecule has 2 saturated carbocycles. The minimum atomic E-state index is -2.28. The Hall–Kier alpha value is -2.25. The van der Waals surface area contributed by atoms with Crippen LogP contribution >= 0.6 is 0 Å². The van der Waals surface area contributed by atoms with Gasteiger partial charge in [0.05, 0.1) is 17.4 Å². The molecule has 2 amide bonds. The highest BCUT2D eigenvalue weighted by Gasteiger charge is 2.57. The average Bonchev–Trinajstić information content (AvgIpc) is 3.56. The summed E-state index contributed by atoms with van der Waals surface area (Å²) in [6.07, 6.45) is 4.13. The second-order valence-electron chi connectivity index (χ2n) is 8.17. The number of para-hydroxylation sites is 2. The number of anilines is 2. The van der Waals surface area contributed by atoms with E-state index in [-0.39, 0.29) is 0 Å². The third-order valence-corrected chi connectivity index (χ3v) is 5.71. The molecule has 0 unspecified atom stereocenters. The molecule has 0 radical (unpaired) electrons.